The predicted molar refractivity (Wildman–Crippen MR) is 98.0 cm³/mol. The Kier molecular flexibility index (Phi) is 5.25. The number of nitriles is 1. The molecule has 1 heterocycles. The Balaban J connectivity index is 1.76. The Morgan fingerprint density at radius 2 is 2.12 bits per heavy atom. The Bertz CT molecular complexity index is 845. The van der Waals surface area contributed by atoms with E-state index in [1.807, 2.05) is 31.2 Å². The summed E-state index contributed by atoms with van der Waals surface area (Å²) in [5.74, 6) is 0.772. The highest BCUT2D eigenvalue weighted by atomic mass is 79.9. The van der Waals surface area contributed by atoms with Gasteiger partial charge in [-0.05, 0) is 47.0 Å². The van der Waals surface area contributed by atoms with Crippen molar-refractivity contribution < 1.29 is 14.3 Å². The van der Waals surface area contributed by atoms with Gasteiger partial charge in [0.05, 0.1) is 22.7 Å². The van der Waals surface area contributed by atoms with E-state index in [4.69, 9.17) is 14.7 Å². The summed E-state index contributed by atoms with van der Waals surface area (Å²) in [4.78, 5) is 14.3. The molecule has 0 aliphatic carbocycles. The van der Waals surface area contributed by atoms with Crippen molar-refractivity contribution in [1.82, 2.24) is 0 Å². The van der Waals surface area contributed by atoms with E-state index in [0.717, 1.165) is 12.1 Å². The van der Waals surface area contributed by atoms with E-state index < -0.39 is 0 Å². The zero-order valence-corrected chi connectivity index (χ0v) is 15.4. The molecule has 0 saturated heterocycles. The maximum Gasteiger partial charge on any atom is 0.264 e. The summed E-state index contributed by atoms with van der Waals surface area (Å²) in [5.41, 5.74) is 2.58. The van der Waals surface area contributed by atoms with Gasteiger partial charge in [0.25, 0.3) is 5.91 Å². The van der Waals surface area contributed by atoms with Crippen molar-refractivity contribution in [2.45, 2.75) is 13.3 Å². The van der Waals surface area contributed by atoms with Gasteiger partial charge in [0, 0.05) is 18.3 Å². The molecule has 1 aliphatic heterocycles. The van der Waals surface area contributed by atoms with Crippen molar-refractivity contribution in [3.8, 4) is 17.6 Å². The molecule has 2 aromatic carbocycles. The van der Waals surface area contributed by atoms with E-state index in [0.29, 0.717) is 34.7 Å². The van der Waals surface area contributed by atoms with Gasteiger partial charge in [-0.1, -0.05) is 18.2 Å². The summed E-state index contributed by atoms with van der Waals surface area (Å²) in [6.45, 7) is 2.85. The number of para-hydroxylation sites is 1. The molecule has 3 rings (SSSR count). The molecular weight excluding hydrogens is 384 g/mol. The molecule has 0 unspecified atom stereocenters. The van der Waals surface area contributed by atoms with Crippen molar-refractivity contribution >= 4 is 27.5 Å². The van der Waals surface area contributed by atoms with Crippen LogP contribution in [-0.2, 0) is 11.2 Å². The van der Waals surface area contributed by atoms with Crippen LogP contribution in [-0.4, -0.2) is 25.7 Å². The molecule has 1 amide bonds. The number of carbonyl (C=O) groups excluding carboxylic acids is 1. The van der Waals surface area contributed by atoms with Crippen molar-refractivity contribution in [1.29, 1.82) is 5.26 Å². The summed E-state index contributed by atoms with van der Waals surface area (Å²) in [5, 5.41) is 9.07. The minimum Gasteiger partial charge on any atom is -0.490 e. The molecule has 5 nitrogen and oxygen atoms in total. The number of rotatable bonds is 5. The van der Waals surface area contributed by atoms with E-state index in [-0.39, 0.29) is 12.5 Å². The van der Waals surface area contributed by atoms with Crippen LogP contribution >= 0.6 is 15.9 Å². The third kappa shape index (κ3) is 3.62. The number of amides is 1. The number of hydrogen-bond donors (Lipinski definition) is 0. The summed E-state index contributed by atoms with van der Waals surface area (Å²) in [6, 6.07) is 13.2. The molecule has 0 atom stereocenters. The first-order valence-corrected chi connectivity index (χ1v) is 8.81. The zero-order valence-electron chi connectivity index (χ0n) is 13.8. The van der Waals surface area contributed by atoms with Crippen LogP contribution < -0.4 is 14.4 Å². The fourth-order valence-electron chi connectivity index (χ4n) is 2.84. The number of carbonyl (C=O) groups is 1. The lowest BCUT2D eigenvalue weighted by atomic mass is 10.2. The molecule has 0 spiro atoms. The lowest BCUT2D eigenvalue weighted by Gasteiger charge is -2.19. The van der Waals surface area contributed by atoms with Crippen molar-refractivity contribution in [2.75, 3.05) is 24.7 Å². The van der Waals surface area contributed by atoms with Gasteiger partial charge in [0.15, 0.2) is 18.1 Å². The van der Waals surface area contributed by atoms with Crippen molar-refractivity contribution in [3.63, 3.8) is 0 Å². The minimum atomic E-state index is -0.108. The number of anilines is 1. The Morgan fingerprint density at radius 1 is 1.32 bits per heavy atom. The fourth-order valence-corrected chi connectivity index (χ4v) is 3.40. The second-order valence-corrected chi connectivity index (χ2v) is 6.40. The topological polar surface area (TPSA) is 62.6 Å². The first-order valence-electron chi connectivity index (χ1n) is 8.01. The van der Waals surface area contributed by atoms with Gasteiger partial charge in [-0.25, -0.2) is 0 Å². The smallest absolute Gasteiger partial charge is 0.264 e. The molecule has 0 aromatic heterocycles. The number of fused-ring (bicyclic) bond motifs is 1. The largest absolute Gasteiger partial charge is 0.490 e. The number of benzene rings is 2. The molecule has 6 heteroatoms. The van der Waals surface area contributed by atoms with Gasteiger partial charge >= 0.3 is 0 Å². The van der Waals surface area contributed by atoms with Gasteiger partial charge in [-0.3, -0.25) is 4.79 Å². The number of halogens is 1. The highest BCUT2D eigenvalue weighted by molar-refractivity contribution is 9.10. The monoisotopic (exact) mass is 400 g/mol. The minimum absolute atomic E-state index is 0.0983. The fraction of sp³-hybridized carbons (Fsp3) is 0.263. The molecule has 0 bridgehead atoms. The van der Waals surface area contributed by atoms with Crippen LogP contribution in [0.5, 0.6) is 11.5 Å². The Labute approximate surface area is 154 Å². The third-order valence-electron chi connectivity index (χ3n) is 3.97. The lowest BCUT2D eigenvalue weighted by molar-refractivity contribution is -0.120. The van der Waals surface area contributed by atoms with Gasteiger partial charge in [0.2, 0.25) is 0 Å². The molecule has 2 aromatic rings. The molecule has 0 radical (unpaired) electrons. The van der Waals surface area contributed by atoms with Gasteiger partial charge < -0.3 is 14.4 Å². The number of ether oxygens (including phenoxy) is 2. The van der Waals surface area contributed by atoms with Crippen LogP contribution in [0.4, 0.5) is 5.69 Å². The van der Waals surface area contributed by atoms with Crippen LogP contribution in [0, 0.1) is 11.3 Å². The van der Waals surface area contributed by atoms with E-state index >= 15 is 0 Å². The number of hydrogen-bond acceptors (Lipinski definition) is 4. The lowest BCUT2D eigenvalue weighted by Crippen LogP contribution is -2.33. The van der Waals surface area contributed by atoms with Gasteiger partial charge in [-0.2, -0.15) is 5.26 Å². The second kappa shape index (κ2) is 7.58. The summed E-state index contributed by atoms with van der Waals surface area (Å²) >= 11 is 3.39. The average Bonchev–Trinajstić information content (AvgIpc) is 3.05. The molecule has 0 saturated carbocycles. The second-order valence-electron chi connectivity index (χ2n) is 5.54. The Morgan fingerprint density at radius 3 is 2.88 bits per heavy atom. The molecule has 128 valence electrons. The maximum absolute atomic E-state index is 12.6. The SMILES string of the molecule is CCOc1cc(C#N)cc(Br)c1OCC(=O)N1CCc2ccccc21. The van der Waals surface area contributed by atoms with Crippen molar-refractivity contribution in [3.05, 3.63) is 52.0 Å². The molecule has 1 aliphatic rings. The molecule has 0 fully saturated rings. The highest BCUT2D eigenvalue weighted by Crippen LogP contribution is 2.37. The quantitative estimate of drug-likeness (QED) is 0.767. The van der Waals surface area contributed by atoms with E-state index in [9.17, 15) is 4.79 Å². The first kappa shape index (κ1) is 17.3. The summed E-state index contributed by atoms with van der Waals surface area (Å²) < 4.78 is 11.9. The number of nitrogens with zero attached hydrogens (tertiary/aromatic N) is 2. The van der Waals surface area contributed by atoms with Gasteiger partial charge in [0.1, 0.15) is 0 Å². The van der Waals surface area contributed by atoms with E-state index in [2.05, 4.69) is 22.0 Å². The normalized spacial score (nSPS) is 12.4. The zero-order chi connectivity index (χ0) is 17.8. The van der Waals surface area contributed by atoms with Crippen LogP contribution in [0.3, 0.4) is 0 Å². The summed E-state index contributed by atoms with van der Waals surface area (Å²) in [7, 11) is 0. The summed E-state index contributed by atoms with van der Waals surface area (Å²) in [6.07, 6.45) is 0.854. The average molecular weight is 401 g/mol. The van der Waals surface area contributed by atoms with Crippen LogP contribution in [0.25, 0.3) is 0 Å². The molecular formula is C19H17BrN2O3. The van der Waals surface area contributed by atoms with Crippen LogP contribution in [0.15, 0.2) is 40.9 Å². The van der Waals surface area contributed by atoms with E-state index in [1.54, 1.807) is 17.0 Å². The first-order chi connectivity index (χ1) is 12.1. The molecule has 0 N–H and O–H groups in total. The van der Waals surface area contributed by atoms with Crippen LogP contribution in [0.1, 0.15) is 18.1 Å². The Hall–Kier alpha value is -2.52. The maximum atomic E-state index is 12.6. The van der Waals surface area contributed by atoms with Crippen molar-refractivity contribution in [2.24, 2.45) is 0 Å². The third-order valence-corrected chi connectivity index (χ3v) is 4.56. The standard InChI is InChI=1S/C19H17BrN2O3/c1-2-24-17-10-13(11-21)9-15(20)19(17)25-12-18(23)22-8-7-14-5-3-4-6-16(14)22/h3-6,9-10H,2,7-8,12H2,1H3. The highest BCUT2D eigenvalue weighted by Gasteiger charge is 2.25. The predicted octanol–water partition coefficient (Wildman–Crippen LogP) is 3.69. The van der Waals surface area contributed by atoms with Gasteiger partial charge in [-0.15, -0.1) is 0 Å². The van der Waals surface area contributed by atoms with Crippen LogP contribution in [0.2, 0.25) is 0 Å². The molecule has 25 heavy (non-hydrogen) atoms. The van der Waals surface area contributed by atoms with E-state index in [1.165, 1.54) is 5.56 Å².